The van der Waals surface area contributed by atoms with E-state index in [0.29, 0.717) is 17.8 Å². The van der Waals surface area contributed by atoms with Gasteiger partial charge in [0, 0.05) is 25.4 Å². The predicted molar refractivity (Wildman–Crippen MR) is 75.6 cm³/mol. The van der Waals surface area contributed by atoms with Crippen LogP contribution in [0.15, 0.2) is 30.5 Å². The molecule has 0 aliphatic carbocycles. The van der Waals surface area contributed by atoms with E-state index in [2.05, 4.69) is 15.7 Å². The van der Waals surface area contributed by atoms with Crippen molar-refractivity contribution in [2.45, 2.75) is 13.5 Å². The minimum Gasteiger partial charge on any atom is -0.354 e. The van der Waals surface area contributed by atoms with Gasteiger partial charge >= 0.3 is 0 Å². The second-order valence-electron chi connectivity index (χ2n) is 4.29. The minimum absolute atomic E-state index is 0.134. The molecule has 2 N–H and O–H groups in total. The van der Waals surface area contributed by atoms with Crippen LogP contribution in [-0.4, -0.2) is 28.6 Å². The summed E-state index contributed by atoms with van der Waals surface area (Å²) in [7, 11) is 1.48. The van der Waals surface area contributed by atoms with E-state index in [1.165, 1.54) is 31.3 Å². The van der Waals surface area contributed by atoms with Crippen molar-refractivity contribution in [3.63, 3.8) is 0 Å². The number of hydrogen-bond acceptors (Lipinski definition) is 3. The van der Waals surface area contributed by atoms with Crippen molar-refractivity contribution in [3.05, 3.63) is 47.5 Å². The lowest BCUT2D eigenvalue weighted by molar-refractivity contribution is 0.0958. The molecule has 1 aromatic carbocycles. The molecule has 6 nitrogen and oxygen atoms in total. The first-order chi connectivity index (χ1) is 10.0. The highest BCUT2D eigenvalue weighted by atomic mass is 19.1. The molecule has 0 spiro atoms. The Kier molecular flexibility index (Phi) is 4.32. The maximum Gasteiger partial charge on any atom is 0.273 e. The summed E-state index contributed by atoms with van der Waals surface area (Å²) in [6.45, 7) is 2.43. The fourth-order valence-electron chi connectivity index (χ4n) is 1.76. The molecule has 0 aliphatic rings. The zero-order chi connectivity index (χ0) is 15.4. The number of aryl methyl sites for hydroxylation is 1. The lowest BCUT2D eigenvalue weighted by Gasteiger charge is -2.04. The number of nitrogens with one attached hydrogen (secondary N) is 2. The van der Waals surface area contributed by atoms with Gasteiger partial charge in [-0.25, -0.2) is 4.39 Å². The van der Waals surface area contributed by atoms with Crippen molar-refractivity contribution in [1.82, 2.24) is 15.1 Å². The molecule has 1 aromatic heterocycles. The van der Waals surface area contributed by atoms with Crippen LogP contribution in [0.4, 0.5) is 10.1 Å². The quantitative estimate of drug-likeness (QED) is 0.899. The normalized spacial score (nSPS) is 10.2. The number of rotatable bonds is 4. The standard InChI is InChI=1S/C14H15FN4O2/c1-3-19-8-11(12(18-19)14(21)16-2)17-13(20)9-4-6-10(15)7-5-9/h4-8H,3H2,1-2H3,(H,16,21)(H,17,20). The van der Waals surface area contributed by atoms with Gasteiger partial charge in [0.2, 0.25) is 0 Å². The average Bonchev–Trinajstić information content (AvgIpc) is 2.90. The van der Waals surface area contributed by atoms with Gasteiger partial charge in [0.15, 0.2) is 5.69 Å². The molecular weight excluding hydrogens is 275 g/mol. The highest BCUT2D eigenvalue weighted by molar-refractivity contribution is 6.08. The van der Waals surface area contributed by atoms with Crippen LogP contribution in [-0.2, 0) is 6.54 Å². The third-order valence-corrected chi connectivity index (χ3v) is 2.88. The third-order valence-electron chi connectivity index (χ3n) is 2.88. The topological polar surface area (TPSA) is 76.0 Å². The van der Waals surface area contributed by atoms with Gasteiger partial charge < -0.3 is 10.6 Å². The first-order valence-corrected chi connectivity index (χ1v) is 6.41. The molecule has 1 heterocycles. The molecule has 0 saturated carbocycles. The first-order valence-electron chi connectivity index (χ1n) is 6.41. The lowest BCUT2D eigenvalue weighted by Crippen LogP contribution is -2.21. The van der Waals surface area contributed by atoms with Gasteiger partial charge in [-0.2, -0.15) is 5.10 Å². The summed E-state index contributed by atoms with van der Waals surface area (Å²) in [6.07, 6.45) is 1.58. The van der Waals surface area contributed by atoms with Gasteiger partial charge in [-0.1, -0.05) is 0 Å². The number of aromatic nitrogens is 2. The van der Waals surface area contributed by atoms with Crippen LogP contribution in [0.2, 0.25) is 0 Å². The molecule has 2 rings (SSSR count). The van der Waals surface area contributed by atoms with Crippen LogP contribution in [0.25, 0.3) is 0 Å². The molecule has 0 aliphatic heterocycles. The third kappa shape index (κ3) is 3.25. The Labute approximate surface area is 121 Å². The second kappa shape index (κ2) is 6.17. The molecule has 0 atom stereocenters. The Morgan fingerprint density at radius 3 is 2.48 bits per heavy atom. The van der Waals surface area contributed by atoms with Crippen LogP contribution < -0.4 is 10.6 Å². The van der Waals surface area contributed by atoms with E-state index in [1.54, 1.807) is 10.9 Å². The van der Waals surface area contributed by atoms with Crippen LogP contribution in [0.1, 0.15) is 27.8 Å². The van der Waals surface area contributed by atoms with Crippen LogP contribution >= 0.6 is 0 Å². The largest absolute Gasteiger partial charge is 0.354 e. The zero-order valence-electron chi connectivity index (χ0n) is 11.7. The summed E-state index contributed by atoms with van der Waals surface area (Å²) in [5.74, 6) is -1.25. The SMILES string of the molecule is CCn1cc(NC(=O)c2ccc(F)cc2)c(C(=O)NC)n1. The second-order valence-corrected chi connectivity index (χ2v) is 4.29. The number of carbonyl (C=O) groups excluding carboxylic acids is 2. The van der Waals surface area contributed by atoms with Gasteiger partial charge in [-0.05, 0) is 31.2 Å². The van der Waals surface area contributed by atoms with E-state index < -0.39 is 17.6 Å². The number of halogens is 1. The van der Waals surface area contributed by atoms with Gasteiger partial charge in [0.25, 0.3) is 11.8 Å². The van der Waals surface area contributed by atoms with Crippen molar-refractivity contribution in [3.8, 4) is 0 Å². The Morgan fingerprint density at radius 2 is 1.90 bits per heavy atom. The summed E-state index contributed by atoms with van der Waals surface area (Å²) in [5, 5.41) is 9.16. The summed E-state index contributed by atoms with van der Waals surface area (Å²) in [4.78, 5) is 23.8. The average molecular weight is 290 g/mol. The molecule has 0 bridgehead atoms. The van der Waals surface area contributed by atoms with Crippen LogP contribution in [0.3, 0.4) is 0 Å². The predicted octanol–water partition coefficient (Wildman–Crippen LogP) is 1.65. The van der Waals surface area contributed by atoms with Gasteiger partial charge in [0.1, 0.15) is 5.82 Å². The molecule has 110 valence electrons. The Bertz CT molecular complexity index is 664. The van der Waals surface area contributed by atoms with E-state index in [4.69, 9.17) is 0 Å². The fourth-order valence-corrected chi connectivity index (χ4v) is 1.76. The number of benzene rings is 1. The summed E-state index contributed by atoms with van der Waals surface area (Å²) < 4.78 is 14.4. The van der Waals surface area contributed by atoms with Crippen molar-refractivity contribution in [1.29, 1.82) is 0 Å². The van der Waals surface area contributed by atoms with Gasteiger partial charge in [0.05, 0.1) is 5.69 Å². The highest BCUT2D eigenvalue weighted by Crippen LogP contribution is 2.15. The molecule has 0 unspecified atom stereocenters. The van der Waals surface area contributed by atoms with Gasteiger partial charge in [-0.15, -0.1) is 0 Å². The van der Waals surface area contributed by atoms with Crippen molar-refractivity contribution < 1.29 is 14.0 Å². The molecule has 2 aromatic rings. The highest BCUT2D eigenvalue weighted by Gasteiger charge is 2.18. The molecule has 0 fully saturated rings. The van der Waals surface area contributed by atoms with Crippen molar-refractivity contribution >= 4 is 17.5 Å². The fraction of sp³-hybridized carbons (Fsp3) is 0.214. The first kappa shape index (κ1) is 14.7. The van der Waals surface area contributed by atoms with E-state index in [9.17, 15) is 14.0 Å². The minimum atomic E-state index is -0.434. The van der Waals surface area contributed by atoms with Crippen molar-refractivity contribution in [2.75, 3.05) is 12.4 Å². The summed E-state index contributed by atoms with van der Waals surface area (Å²) in [6, 6.07) is 5.14. The van der Waals surface area contributed by atoms with Gasteiger partial charge in [-0.3, -0.25) is 14.3 Å². The summed E-state index contributed by atoms with van der Waals surface area (Å²) in [5.41, 5.74) is 0.740. The molecule has 7 heteroatoms. The summed E-state index contributed by atoms with van der Waals surface area (Å²) >= 11 is 0. The molecule has 2 amide bonds. The number of anilines is 1. The number of hydrogen-bond donors (Lipinski definition) is 2. The van der Waals surface area contributed by atoms with Crippen molar-refractivity contribution in [2.24, 2.45) is 0 Å². The lowest BCUT2D eigenvalue weighted by atomic mass is 10.2. The molecule has 0 radical (unpaired) electrons. The molecule has 21 heavy (non-hydrogen) atoms. The maximum absolute atomic E-state index is 12.8. The van der Waals surface area contributed by atoms with E-state index in [0.717, 1.165) is 0 Å². The molecular formula is C14H15FN4O2. The Morgan fingerprint density at radius 1 is 1.24 bits per heavy atom. The zero-order valence-corrected chi connectivity index (χ0v) is 11.7. The van der Waals surface area contributed by atoms with E-state index in [-0.39, 0.29) is 5.69 Å². The van der Waals surface area contributed by atoms with Crippen LogP contribution in [0.5, 0.6) is 0 Å². The maximum atomic E-state index is 12.8. The Balaban J connectivity index is 2.26. The van der Waals surface area contributed by atoms with E-state index >= 15 is 0 Å². The number of amides is 2. The Hall–Kier alpha value is -2.70. The smallest absolute Gasteiger partial charge is 0.273 e. The molecule has 0 saturated heterocycles. The monoisotopic (exact) mass is 290 g/mol. The number of nitrogens with zero attached hydrogens (tertiary/aromatic N) is 2. The van der Waals surface area contributed by atoms with Crippen LogP contribution in [0, 0.1) is 5.82 Å². The van der Waals surface area contributed by atoms with E-state index in [1.807, 2.05) is 6.92 Å². The number of carbonyl (C=O) groups is 2.